The topological polar surface area (TPSA) is 51.3 Å². The summed E-state index contributed by atoms with van der Waals surface area (Å²) in [5.74, 6) is 0.338. The molecular weight excluding hydrogens is 194 g/mol. The van der Waals surface area contributed by atoms with Crippen molar-refractivity contribution in [2.75, 3.05) is 13.7 Å². The number of carbonyl (C=O) groups is 1. The van der Waals surface area contributed by atoms with Gasteiger partial charge in [0, 0.05) is 11.3 Å². The maximum absolute atomic E-state index is 11.6. The molecule has 0 saturated heterocycles. The molecule has 0 amide bonds. The molecule has 1 aliphatic rings. The minimum atomic E-state index is -0.330. The number of aryl methyl sites for hydroxylation is 1. The van der Waals surface area contributed by atoms with Gasteiger partial charge in [-0.2, -0.15) is 0 Å². The number of methoxy groups -OCH3 is 1. The molecule has 1 heterocycles. The highest BCUT2D eigenvalue weighted by atomic mass is 16.5. The van der Waals surface area contributed by atoms with Crippen LogP contribution < -0.4 is 4.74 Å². The molecule has 0 spiro atoms. The van der Waals surface area contributed by atoms with Gasteiger partial charge in [-0.1, -0.05) is 0 Å². The molecule has 0 unspecified atom stereocenters. The summed E-state index contributed by atoms with van der Waals surface area (Å²) in [6.07, 6.45) is 3.10. The average Bonchev–Trinajstić information content (AvgIpc) is 2.76. The van der Waals surface area contributed by atoms with Gasteiger partial charge in [-0.15, -0.1) is 0 Å². The van der Waals surface area contributed by atoms with Crippen molar-refractivity contribution in [3.05, 3.63) is 17.0 Å². The Morgan fingerprint density at radius 3 is 2.93 bits per heavy atom. The normalized spacial score (nSPS) is 13.7. The molecule has 2 rings (SSSR count). The Labute approximate surface area is 88.6 Å². The van der Waals surface area contributed by atoms with Gasteiger partial charge >= 0.3 is 5.97 Å². The first-order chi connectivity index (χ1) is 7.27. The van der Waals surface area contributed by atoms with Crippen LogP contribution in [0.3, 0.4) is 0 Å². The smallest absolute Gasteiger partial charge is 0.358 e. The standard InChI is InChI=1S/C11H15NO3/c1-3-15-11(13)9-10(14-2)7-5-4-6-8(7)12-9/h12H,3-6H2,1-2H3. The summed E-state index contributed by atoms with van der Waals surface area (Å²) in [5.41, 5.74) is 2.72. The summed E-state index contributed by atoms with van der Waals surface area (Å²) in [6.45, 7) is 2.17. The Morgan fingerprint density at radius 1 is 1.47 bits per heavy atom. The van der Waals surface area contributed by atoms with Gasteiger partial charge < -0.3 is 14.5 Å². The summed E-state index contributed by atoms with van der Waals surface area (Å²) in [6, 6.07) is 0. The number of aromatic amines is 1. The highest BCUT2D eigenvalue weighted by Gasteiger charge is 2.26. The lowest BCUT2D eigenvalue weighted by atomic mass is 10.2. The summed E-state index contributed by atoms with van der Waals surface area (Å²) >= 11 is 0. The molecule has 82 valence electrons. The monoisotopic (exact) mass is 209 g/mol. The summed E-state index contributed by atoms with van der Waals surface area (Å²) < 4.78 is 10.2. The van der Waals surface area contributed by atoms with Crippen molar-refractivity contribution in [2.24, 2.45) is 0 Å². The van der Waals surface area contributed by atoms with Gasteiger partial charge in [0.2, 0.25) is 0 Å². The first-order valence-electron chi connectivity index (χ1n) is 5.22. The van der Waals surface area contributed by atoms with E-state index in [1.165, 1.54) is 0 Å². The minimum Gasteiger partial charge on any atom is -0.494 e. The van der Waals surface area contributed by atoms with Crippen molar-refractivity contribution >= 4 is 5.97 Å². The highest BCUT2D eigenvalue weighted by Crippen LogP contribution is 2.34. The van der Waals surface area contributed by atoms with Gasteiger partial charge in [-0.05, 0) is 26.2 Å². The molecule has 4 nitrogen and oxygen atoms in total. The average molecular weight is 209 g/mol. The maximum Gasteiger partial charge on any atom is 0.358 e. The third-order valence-corrected chi connectivity index (χ3v) is 2.68. The third kappa shape index (κ3) is 1.60. The van der Waals surface area contributed by atoms with Gasteiger partial charge in [0.25, 0.3) is 0 Å². The molecule has 0 aliphatic heterocycles. The van der Waals surface area contributed by atoms with E-state index in [9.17, 15) is 4.79 Å². The lowest BCUT2D eigenvalue weighted by Gasteiger charge is -2.04. The highest BCUT2D eigenvalue weighted by molar-refractivity contribution is 5.91. The largest absolute Gasteiger partial charge is 0.494 e. The Morgan fingerprint density at radius 2 is 2.27 bits per heavy atom. The number of rotatable bonds is 3. The van der Waals surface area contributed by atoms with Crippen molar-refractivity contribution in [2.45, 2.75) is 26.2 Å². The van der Waals surface area contributed by atoms with Crippen LogP contribution in [-0.2, 0) is 17.6 Å². The van der Waals surface area contributed by atoms with Crippen LogP contribution in [-0.4, -0.2) is 24.7 Å². The van der Waals surface area contributed by atoms with E-state index < -0.39 is 0 Å². The first kappa shape index (κ1) is 10.1. The predicted molar refractivity (Wildman–Crippen MR) is 55.3 cm³/mol. The van der Waals surface area contributed by atoms with Crippen LogP contribution >= 0.6 is 0 Å². The van der Waals surface area contributed by atoms with Crippen LogP contribution in [0.2, 0.25) is 0 Å². The molecule has 1 aromatic rings. The maximum atomic E-state index is 11.6. The molecule has 15 heavy (non-hydrogen) atoms. The number of carbonyl (C=O) groups excluding carboxylic acids is 1. The number of H-pyrrole nitrogens is 1. The number of fused-ring (bicyclic) bond motifs is 1. The van der Waals surface area contributed by atoms with Crippen molar-refractivity contribution < 1.29 is 14.3 Å². The fraction of sp³-hybridized carbons (Fsp3) is 0.545. The van der Waals surface area contributed by atoms with Crippen molar-refractivity contribution in [3.63, 3.8) is 0 Å². The molecule has 0 saturated carbocycles. The van der Waals surface area contributed by atoms with E-state index in [4.69, 9.17) is 9.47 Å². The molecule has 0 fully saturated rings. The number of nitrogens with one attached hydrogen (secondary N) is 1. The van der Waals surface area contributed by atoms with Crippen LogP contribution in [0.25, 0.3) is 0 Å². The first-order valence-corrected chi connectivity index (χ1v) is 5.22. The second-order valence-corrected chi connectivity index (χ2v) is 3.56. The Bertz CT molecular complexity index is 381. The molecule has 0 aromatic carbocycles. The van der Waals surface area contributed by atoms with E-state index in [1.54, 1.807) is 14.0 Å². The molecule has 1 aliphatic carbocycles. The van der Waals surface area contributed by atoms with E-state index in [0.717, 1.165) is 30.5 Å². The predicted octanol–water partition coefficient (Wildman–Crippen LogP) is 1.69. The molecule has 1 aromatic heterocycles. The number of hydrogen-bond acceptors (Lipinski definition) is 3. The zero-order valence-electron chi connectivity index (χ0n) is 9.05. The number of aromatic nitrogens is 1. The summed E-state index contributed by atoms with van der Waals surface area (Å²) in [4.78, 5) is 14.7. The fourth-order valence-electron chi connectivity index (χ4n) is 2.06. The van der Waals surface area contributed by atoms with Gasteiger partial charge in [-0.3, -0.25) is 0 Å². The second kappa shape index (κ2) is 3.96. The third-order valence-electron chi connectivity index (χ3n) is 2.68. The Kier molecular flexibility index (Phi) is 2.66. The zero-order chi connectivity index (χ0) is 10.8. The second-order valence-electron chi connectivity index (χ2n) is 3.56. The summed E-state index contributed by atoms with van der Waals surface area (Å²) in [7, 11) is 1.59. The van der Waals surface area contributed by atoms with E-state index in [-0.39, 0.29) is 5.97 Å². The lowest BCUT2D eigenvalue weighted by Crippen LogP contribution is -2.07. The Hall–Kier alpha value is -1.45. The number of hydrogen-bond donors (Lipinski definition) is 1. The van der Waals surface area contributed by atoms with Crippen molar-refractivity contribution in [3.8, 4) is 5.75 Å². The van der Waals surface area contributed by atoms with Crippen LogP contribution in [0, 0.1) is 0 Å². The zero-order valence-corrected chi connectivity index (χ0v) is 9.05. The van der Waals surface area contributed by atoms with Gasteiger partial charge in [0.05, 0.1) is 13.7 Å². The molecule has 0 bridgehead atoms. The van der Waals surface area contributed by atoms with E-state index >= 15 is 0 Å². The molecule has 4 heteroatoms. The summed E-state index contributed by atoms with van der Waals surface area (Å²) in [5, 5.41) is 0. The Balaban J connectivity index is 2.35. The van der Waals surface area contributed by atoms with Gasteiger partial charge in [0.1, 0.15) is 0 Å². The van der Waals surface area contributed by atoms with E-state index in [1.807, 2.05) is 0 Å². The van der Waals surface area contributed by atoms with Gasteiger partial charge in [0.15, 0.2) is 11.4 Å². The number of ether oxygens (including phenoxy) is 2. The lowest BCUT2D eigenvalue weighted by molar-refractivity contribution is 0.0516. The van der Waals surface area contributed by atoms with Crippen molar-refractivity contribution in [1.29, 1.82) is 0 Å². The van der Waals surface area contributed by atoms with Crippen molar-refractivity contribution in [1.82, 2.24) is 4.98 Å². The van der Waals surface area contributed by atoms with Crippen LogP contribution in [0.4, 0.5) is 0 Å². The number of esters is 1. The van der Waals surface area contributed by atoms with Crippen LogP contribution in [0.5, 0.6) is 5.75 Å². The fourth-order valence-corrected chi connectivity index (χ4v) is 2.06. The van der Waals surface area contributed by atoms with Crippen LogP contribution in [0.1, 0.15) is 35.1 Å². The molecular formula is C11H15NO3. The quantitative estimate of drug-likeness (QED) is 0.771. The van der Waals surface area contributed by atoms with E-state index in [0.29, 0.717) is 18.1 Å². The van der Waals surface area contributed by atoms with Crippen LogP contribution in [0.15, 0.2) is 0 Å². The van der Waals surface area contributed by atoms with Gasteiger partial charge in [-0.25, -0.2) is 4.79 Å². The van der Waals surface area contributed by atoms with E-state index in [2.05, 4.69) is 4.98 Å². The SMILES string of the molecule is CCOC(=O)c1[nH]c2c(c1OC)CCC2. The molecule has 1 N–H and O–H groups in total. The molecule has 0 radical (unpaired) electrons. The molecule has 0 atom stereocenters. The minimum absolute atomic E-state index is 0.330.